The van der Waals surface area contributed by atoms with Gasteiger partial charge in [0.15, 0.2) is 5.65 Å². The highest BCUT2D eigenvalue weighted by Gasteiger charge is 2.14. The number of hydrogen-bond acceptors (Lipinski definition) is 3. The van der Waals surface area contributed by atoms with Crippen molar-refractivity contribution in [3.8, 4) is 5.69 Å². The maximum atomic E-state index is 12.3. The average Bonchev–Trinajstić information content (AvgIpc) is 2.84. The van der Waals surface area contributed by atoms with Crippen LogP contribution < -0.4 is 5.69 Å². The van der Waals surface area contributed by atoms with E-state index < -0.39 is 0 Å². The van der Waals surface area contributed by atoms with E-state index in [0.717, 1.165) is 5.82 Å². The number of benzene rings is 1. The van der Waals surface area contributed by atoms with Crippen LogP contribution in [0.2, 0.25) is 5.02 Å². The molecular formula is C14H13ClN4OS. The molecular weight excluding hydrogens is 308 g/mol. The molecule has 0 unspecified atom stereocenters. The lowest BCUT2D eigenvalue weighted by Gasteiger charge is -2.06. The normalized spacial score (nSPS) is 11.4. The maximum absolute atomic E-state index is 12.3. The van der Waals surface area contributed by atoms with Gasteiger partial charge in [0, 0.05) is 10.9 Å². The lowest BCUT2D eigenvalue weighted by Crippen LogP contribution is -2.22. The minimum atomic E-state index is -0.337. The Balaban J connectivity index is 2.42. The van der Waals surface area contributed by atoms with Crippen molar-refractivity contribution in [3.63, 3.8) is 0 Å². The predicted molar refractivity (Wildman–Crippen MR) is 86.0 cm³/mol. The van der Waals surface area contributed by atoms with E-state index in [1.54, 1.807) is 24.3 Å². The van der Waals surface area contributed by atoms with Crippen molar-refractivity contribution in [1.82, 2.24) is 19.5 Å². The van der Waals surface area contributed by atoms with Crippen LogP contribution in [0.5, 0.6) is 0 Å². The summed E-state index contributed by atoms with van der Waals surface area (Å²) in [5.74, 6) is 0.987. The zero-order chi connectivity index (χ0) is 15.1. The van der Waals surface area contributed by atoms with Gasteiger partial charge in [-0.2, -0.15) is 0 Å². The first kappa shape index (κ1) is 14.0. The molecule has 2 N–H and O–H groups in total. The summed E-state index contributed by atoms with van der Waals surface area (Å²) in [6, 6.07) is 7.05. The van der Waals surface area contributed by atoms with Gasteiger partial charge in [-0.05, 0) is 18.2 Å². The molecule has 0 saturated carbocycles. The van der Waals surface area contributed by atoms with E-state index >= 15 is 0 Å². The summed E-state index contributed by atoms with van der Waals surface area (Å²) < 4.78 is 1.83. The summed E-state index contributed by atoms with van der Waals surface area (Å²) >= 11 is 11.2. The fraction of sp³-hybridized carbons (Fsp3) is 0.214. The zero-order valence-electron chi connectivity index (χ0n) is 11.5. The largest absolute Gasteiger partial charge is 0.338 e. The van der Waals surface area contributed by atoms with Crippen molar-refractivity contribution in [3.05, 3.63) is 50.2 Å². The zero-order valence-corrected chi connectivity index (χ0v) is 13.0. The fourth-order valence-corrected chi connectivity index (χ4v) is 2.56. The Labute approximate surface area is 130 Å². The van der Waals surface area contributed by atoms with E-state index in [0.29, 0.717) is 26.5 Å². The second-order valence-electron chi connectivity index (χ2n) is 5.05. The summed E-state index contributed by atoms with van der Waals surface area (Å²) in [5, 5.41) is 0.551. The van der Waals surface area contributed by atoms with Crippen molar-refractivity contribution in [2.24, 2.45) is 0 Å². The molecule has 3 rings (SSSR count). The second kappa shape index (κ2) is 5.13. The van der Waals surface area contributed by atoms with Crippen molar-refractivity contribution in [2.75, 3.05) is 0 Å². The van der Waals surface area contributed by atoms with Gasteiger partial charge in [-0.25, -0.2) is 14.3 Å². The molecule has 0 aliphatic heterocycles. The van der Waals surface area contributed by atoms with Crippen LogP contribution in [0.3, 0.4) is 0 Å². The Morgan fingerprint density at radius 2 is 2.10 bits per heavy atom. The first-order chi connectivity index (χ1) is 9.97. The number of aromatic amines is 2. The van der Waals surface area contributed by atoms with Crippen molar-refractivity contribution in [1.29, 1.82) is 0 Å². The second-order valence-corrected chi connectivity index (χ2v) is 5.89. The minimum Gasteiger partial charge on any atom is -0.338 e. The van der Waals surface area contributed by atoms with Gasteiger partial charge in [-0.15, -0.1) is 0 Å². The van der Waals surface area contributed by atoms with Crippen molar-refractivity contribution >= 4 is 35.0 Å². The van der Waals surface area contributed by atoms with Gasteiger partial charge in [-0.1, -0.05) is 43.7 Å². The molecule has 7 heteroatoms. The number of aromatic nitrogens is 4. The molecule has 0 aliphatic rings. The Kier molecular flexibility index (Phi) is 3.43. The smallest absolute Gasteiger partial charge is 0.332 e. The summed E-state index contributed by atoms with van der Waals surface area (Å²) in [6.45, 7) is 4.04. The van der Waals surface area contributed by atoms with E-state index in [9.17, 15) is 4.79 Å². The SMILES string of the molecule is CC(C)c1nc2c([nH]1)c(=S)[nH]c(=O)n2-c1cccc(Cl)c1. The number of nitrogens with zero attached hydrogens (tertiary/aromatic N) is 2. The summed E-state index contributed by atoms with van der Waals surface area (Å²) in [6.07, 6.45) is 0. The molecule has 0 aliphatic carbocycles. The van der Waals surface area contributed by atoms with Gasteiger partial charge in [0.25, 0.3) is 0 Å². The highest BCUT2D eigenvalue weighted by molar-refractivity contribution is 7.71. The number of fused-ring (bicyclic) bond motifs is 1. The molecule has 3 aromatic rings. The lowest BCUT2D eigenvalue weighted by molar-refractivity contribution is 0.796. The third-order valence-corrected chi connectivity index (χ3v) is 3.72. The Morgan fingerprint density at radius 3 is 2.76 bits per heavy atom. The van der Waals surface area contributed by atoms with Crippen LogP contribution in [0.4, 0.5) is 0 Å². The number of halogens is 1. The molecule has 2 aromatic heterocycles. The molecule has 0 saturated heterocycles. The molecule has 0 atom stereocenters. The number of imidazole rings is 1. The molecule has 2 heterocycles. The first-order valence-electron chi connectivity index (χ1n) is 6.48. The molecule has 0 fully saturated rings. The minimum absolute atomic E-state index is 0.203. The van der Waals surface area contributed by atoms with Crippen molar-refractivity contribution in [2.45, 2.75) is 19.8 Å². The quantitative estimate of drug-likeness (QED) is 0.710. The number of hydrogen-bond donors (Lipinski definition) is 2. The van der Waals surface area contributed by atoms with Crippen LogP contribution in [-0.4, -0.2) is 19.5 Å². The molecule has 21 heavy (non-hydrogen) atoms. The van der Waals surface area contributed by atoms with E-state index in [1.165, 1.54) is 4.57 Å². The molecule has 0 spiro atoms. The number of rotatable bonds is 2. The predicted octanol–water partition coefficient (Wildman–Crippen LogP) is 3.55. The lowest BCUT2D eigenvalue weighted by atomic mass is 10.2. The third-order valence-electron chi connectivity index (χ3n) is 3.18. The molecule has 1 aromatic carbocycles. The van der Waals surface area contributed by atoms with Gasteiger partial charge >= 0.3 is 5.69 Å². The standard InChI is InChI=1S/C14H13ClN4OS/c1-7(2)11-16-10-12(17-11)19(14(20)18-13(10)21)9-5-3-4-8(15)6-9/h3-7H,1-2H3,(H,16,17)(H,18,20,21). The highest BCUT2D eigenvalue weighted by atomic mass is 35.5. The number of H-pyrrole nitrogens is 2. The van der Waals surface area contributed by atoms with Crippen LogP contribution in [-0.2, 0) is 0 Å². The Morgan fingerprint density at radius 1 is 1.33 bits per heavy atom. The molecule has 0 radical (unpaired) electrons. The highest BCUT2D eigenvalue weighted by Crippen LogP contribution is 2.20. The topological polar surface area (TPSA) is 66.5 Å². The van der Waals surface area contributed by atoms with Crippen LogP contribution in [0.1, 0.15) is 25.6 Å². The van der Waals surface area contributed by atoms with E-state index in [2.05, 4.69) is 15.0 Å². The Hall–Kier alpha value is -1.92. The van der Waals surface area contributed by atoms with Gasteiger partial charge in [0.2, 0.25) is 0 Å². The number of nitrogens with one attached hydrogen (secondary N) is 2. The van der Waals surface area contributed by atoms with Crippen molar-refractivity contribution < 1.29 is 0 Å². The summed E-state index contributed by atoms with van der Waals surface area (Å²) in [4.78, 5) is 22.6. The van der Waals surface area contributed by atoms with Crippen LogP contribution in [0.25, 0.3) is 16.9 Å². The van der Waals surface area contributed by atoms with E-state index in [1.807, 2.05) is 13.8 Å². The Bertz CT molecular complexity index is 938. The molecule has 0 amide bonds. The average molecular weight is 321 g/mol. The molecule has 0 bridgehead atoms. The van der Waals surface area contributed by atoms with Crippen LogP contribution in [0.15, 0.2) is 29.1 Å². The summed E-state index contributed by atoms with van der Waals surface area (Å²) in [7, 11) is 0. The van der Waals surface area contributed by atoms with Crippen LogP contribution in [0, 0.1) is 4.64 Å². The van der Waals surface area contributed by atoms with Gasteiger partial charge in [0.05, 0.1) is 5.69 Å². The molecule has 108 valence electrons. The molecule has 5 nitrogen and oxygen atoms in total. The monoisotopic (exact) mass is 320 g/mol. The van der Waals surface area contributed by atoms with Gasteiger partial charge < -0.3 is 4.98 Å². The summed E-state index contributed by atoms with van der Waals surface area (Å²) in [5.41, 5.74) is 1.46. The van der Waals surface area contributed by atoms with E-state index in [-0.39, 0.29) is 11.6 Å². The van der Waals surface area contributed by atoms with Gasteiger partial charge in [0.1, 0.15) is 16.0 Å². The maximum Gasteiger partial charge on any atom is 0.332 e. The van der Waals surface area contributed by atoms with E-state index in [4.69, 9.17) is 23.8 Å². The first-order valence-corrected chi connectivity index (χ1v) is 7.27. The third kappa shape index (κ3) is 2.41. The van der Waals surface area contributed by atoms with Crippen LogP contribution >= 0.6 is 23.8 Å². The fourth-order valence-electron chi connectivity index (χ4n) is 2.14. The van der Waals surface area contributed by atoms with Gasteiger partial charge in [-0.3, -0.25) is 4.98 Å².